The summed E-state index contributed by atoms with van der Waals surface area (Å²) in [5, 5.41) is 23.8. The number of halogens is 2. The van der Waals surface area contributed by atoms with Gasteiger partial charge in [0, 0.05) is 56.9 Å². The molecular weight excluding hydrogens is 455 g/mol. The summed E-state index contributed by atoms with van der Waals surface area (Å²) in [6.07, 6.45) is 1.84. The van der Waals surface area contributed by atoms with Crippen LogP contribution in [0.3, 0.4) is 0 Å². The smallest absolute Gasteiger partial charge is 0.221 e. The number of rotatable bonds is 6. The van der Waals surface area contributed by atoms with E-state index in [1.807, 2.05) is 18.2 Å². The molecule has 2 aromatic carbocycles. The molecule has 3 N–H and O–H groups in total. The van der Waals surface area contributed by atoms with Crippen LogP contribution >= 0.6 is 23.2 Å². The molecule has 0 saturated carbocycles. The second-order valence-corrected chi connectivity index (χ2v) is 9.30. The fraction of sp³-hybridized carbons (Fsp3) is 0.435. The molecule has 2 aliphatic rings. The molecule has 0 aliphatic carbocycles. The van der Waals surface area contributed by atoms with Crippen molar-refractivity contribution in [2.75, 3.05) is 31.6 Å². The summed E-state index contributed by atoms with van der Waals surface area (Å²) >= 11 is 12.0. The summed E-state index contributed by atoms with van der Waals surface area (Å²) in [5.41, 5.74) is 1.30. The van der Waals surface area contributed by atoms with Crippen molar-refractivity contribution in [1.82, 2.24) is 4.90 Å². The van der Waals surface area contributed by atoms with E-state index in [9.17, 15) is 15.0 Å². The first kappa shape index (κ1) is 23.0. The quantitative estimate of drug-likeness (QED) is 0.543. The number of phenols is 1. The number of ether oxygens (including phenoxy) is 2. The maximum atomic E-state index is 11.4. The summed E-state index contributed by atoms with van der Waals surface area (Å²) in [5.74, 6) is 0.704. The number of carbonyl (C=O) groups excluding carboxylic acids is 1. The molecule has 32 heavy (non-hydrogen) atoms. The zero-order chi connectivity index (χ0) is 22.9. The summed E-state index contributed by atoms with van der Waals surface area (Å²) in [7, 11) is 0. The molecule has 1 atom stereocenters. The van der Waals surface area contributed by atoms with E-state index in [1.54, 1.807) is 0 Å². The fourth-order valence-corrected chi connectivity index (χ4v) is 4.67. The molecule has 1 saturated heterocycles. The zero-order valence-electron chi connectivity index (χ0n) is 17.7. The lowest BCUT2D eigenvalue weighted by molar-refractivity contribution is -0.114. The Hall–Kier alpha value is -2.19. The number of benzene rings is 2. The Morgan fingerprint density at radius 3 is 2.75 bits per heavy atom. The van der Waals surface area contributed by atoms with Gasteiger partial charge in [-0.25, -0.2) is 0 Å². The average Bonchev–Trinajstić information content (AvgIpc) is 3.08. The van der Waals surface area contributed by atoms with Crippen LogP contribution in [0.1, 0.15) is 25.3 Å². The Balaban J connectivity index is 1.29. The Morgan fingerprint density at radius 1 is 1.28 bits per heavy atom. The molecule has 1 spiro atoms. The topological polar surface area (TPSA) is 91.3 Å². The van der Waals surface area contributed by atoms with Gasteiger partial charge in [0.1, 0.15) is 35.6 Å². The predicted octanol–water partition coefficient (Wildman–Crippen LogP) is 3.87. The summed E-state index contributed by atoms with van der Waals surface area (Å²) in [6, 6.07) is 8.50. The average molecular weight is 481 g/mol. The molecule has 2 aliphatic heterocycles. The Kier molecular flexibility index (Phi) is 6.72. The third-order valence-corrected chi connectivity index (χ3v) is 6.43. The molecule has 4 rings (SSSR count). The van der Waals surface area contributed by atoms with Gasteiger partial charge in [0.05, 0.1) is 10.7 Å². The molecule has 1 fully saturated rings. The number of aliphatic hydroxyl groups is 1. The first-order chi connectivity index (χ1) is 15.2. The van der Waals surface area contributed by atoms with Crippen LogP contribution in [-0.4, -0.2) is 59.0 Å². The number of hydrogen-bond acceptors (Lipinski definition) is 6. The standard InChI is InChI=1S/C23H26Cl2N2O5/c1-14(28)26-19-9-18(25)20(30)10-22(19)31-13-17(29)12-27-6-4-23(5-7-27)11-15-8-16(24)2-3-21(15)32-23/h2-3,8-10,17,29-30H,4-7,11-13H2,1H3,(H,26,28)/t17-/m1/s1. The van der Waals surface area contributed by atoms with Gasteiger partial charge in [0.25, 0.3) is 0 Å². The van der Waals surface area contributed by atoms with E-state index in [0.717, 1.165) is 48.7 Å². The van der Waals surface area contributed by atoms with Crippen LogP contribution in [0, 0.1) is 0 Å². The maximum Gasteiger partial charge on any atom is 0.221 e. The van der Waals surface area contributed by atoms with Gasteiger partial charge >= 0.3 is 0 Å². The lowest BCUT2D eigenvalue weighted by Gasteiger charge is -2.39. The number of aliphatic hydroxyl groups excluding tert-OH is 1. The van der Waals surface area contributed by atoms with Gasteiger partial charge in [-0.3, -0.25) is 4.79 Å². The number of anilines is 1. The van der Waals surface area contributed by atoms with Gasteiger partial charge in [0.15, 0.2) is 0 Å². The first-order valence-corrected chi connectivity index (χ1v) is 11.3. The Labute approximate surface area is 196 Å². The van der Waals surface area contributed by atoms with Crippen molar-refractivity contribution < 1.29 is 24.5 Å². The van der Waals surface area contributed by atoms with Crippen LogP contribution in [0.25, 0.3) is 0 Å². The largest absolute Gasteiger partial charge is 0.506 e. The molecule has 7 nitrogen and oxygen atoms in total. The summed E-state index contributed by atoms with van der Waals surface area (Å²) in [6.45, 7) is 3.43. The van der Waals surface area contributed by atoms with Crippen molar-refractivity contribution in [3.8, 4) is 17.2 Å². The number of phenolic OH excluding ortho intramolecular Hbond substituents is 1. The fourth-order valence-electron chi connectivity index (χ4n) is 4.31. The number of nitrogens with one attached hydrogen (secondary N) is 1. The van der Waals surface area contributed by atoms with E-state index < -0.39 is 6.10 Å². The Morgan fingerprint density at radius 2 is 2.03 bits per heavy atom. The number of amides is 1. The highest BCUT2D eigenvalue weighted by molar-refractivity contribution is 6.32. The third kappa shape index (κ3) is 5.23. The summed E-state index contributed by atoms with van der Waals surface area (Å²) in [4.78, 5) is 13.6. The highest BCUT2D eigenvalue weighted by Gasteiger charge is 2.42. The van der Waals surface area contributed by atoms with Crippen LogP contribution in [0.15, 0.2) is 30.3 Å². The monoisotopic (exact) mass is 480 g/mol. The van der Waals surface area contributed by atoms with E-state index in [2.05, 4.69) is 10.2 Å². The van der Waals surface area contributed by atoms with Crippen molar-refractivity contribution in [3.05, 3.63) is 45.9 Å². The normalized spacial score (nSPS) is 18.1. The minimum atomic E-state index is -0.743. The zero-order valence-corrected chi connectivity index (χ0v) is 19.2. The lowest BCUT2D eigenvalue weighted by atomic mass is 9.87. The molecule has 2 heterocycles. The molecular formula is C23H26Cl2N2O5. The van der Waals surface area contributed by atoms with Gasteiger partial charge in [-0.2, -0.15) is 0 Å². The number of β-amino-alcohol motifs (C(OH)–C–C–N with tert-alkyl or cyclic N) is 1. The van der Waals surface area contributed by atoms with E-state index in [0.29, 0.717) is 12.2 Å². The molecule has 172 valence electrons. The number of nitrogens with zero attached hydrogens (tertiary/aromatic N) is 1. The molecule has 2 aromatic rings. The second-order valence-electron chi connectivity index (χ2n) is 8.46. The van der Waals surface area contributed by atoms with Gasteiger partial charge in [-0.1, -0.05) is 23.2 Å². The van der Waals surface area contributed by atoms with E-state index in [-0.39, 0.29) is 34.6 Å². The highest BCUT2D eigenvalue weighted by Crippen LogP contribution is 2.42. The number of hydrogen-bond donors (Lipinski definition) is 3. The highest BCUT2D eigenvalue weighted by atomic mass is 35.5. The molecule has 1 amide bonds. The van der Waals surface area contributed by atoms with Gasteiger partial charge in [-0.15, -0.1) is 0 Å². The molecule has 0 bridgehead atoms. The molecule has 0 aromatic heterocycles. The first-order valence-electron chi connectivity index (χ1n) is 10.5. The number of likely N-dealkylation sites (tertiary alicyclic amines) is 1. The van der Waals surface area contributed by atoms with Gasteiger partial charge < -0.3 is 29.9 Å². The second kappa shape index (κ2) is 9.35. The van der Waals surface area contributed by atoms with Crippen LogP contribution in [-0.2, 0) is 11.2 Å². The number of aromatic hydroxyl groups is 1. The van der Waals surface area contributed by atoms with Gasteiger partial charge in [-0.05, 0) is 29.8 Å². The van der Waals surface area contributed by atoms with Gasteiger partial charge in [0.2, 0.25) is 5.91 Å². The molecule has 0 unspecified atom stereocenters. The van der Waals surface area contributed by atoms with Crippen LogP contribution in [0.5, 0.6) is 17.2 Å². The van der Waals surface area contributed by atoms with Crippen LogP contribution in [0.2, 0.25) is 10.0 Å². The molecule has 0 radical (unpaired) electrons. The summed E-state index contributed by atoms with van der Waals surface area (Å²) < 4.78 is 11.9. The van der Waals surface area contributed by atoms with Crippen molar-refractivity contribution in [1.29, 1.82) is 0 Å². The van der Waals surface area contributed by atoms with E-state index >= 15 is 0 Å². The minimum absolute atomic E-state index is 0.00966. The molecule has 9 heteroatoms. The predicted molar refractivity (Wildman–Crippen MR) is 123 cm³/mol. The maximum absolute atomic E-state index is 11.4. The van der Waals surface area contributed by atoms with Crippen LogP contribution < -0.4 is 14.8 Å². The van der Waals surface area contributed by atoms with Crippen molar-refractivity contribution in [2.45, 2.75) is 37.9 Å². The van der Waals surface area contributed by atoms with E-state index in [1.165, 1.54) is 19.1 Å². The number of fused-ring (bicyclic) bond motifs is 1. The Bertz CT molecular complexity index is 1010. The van der Waals surface area contributed by atoms with Crippen molar-refractivity contribution in [3.63, 3.8) is 0 Å². The lowest BCUT2D eigenvalue weighted by Crippen LogP contribution is -2.49. The van der Waals surface area contributed by atoms with Crippen molar-refractivity contribution in [2.24, 2.45) is 0 Å². The number of piperidine rings is 1. The van der Waals surface area contributed by atoms with E-state index in [4.69, 9.17) is 32.7 Å². The SMILES string of the molecule is CC(=O)Nc1cc(Cl)c(O)cc1OC[C@H](O)CN1CCC2(CC1)Cc1cc(Cl)ccc1O2. The van der Waals surface area contributed by atoms with Crippen LogP contribution in [0.4, 0.5) is 5.69 Å². The number of carbonyl (C=O) groups is 1. The van der Waals surface area contributed by atoms with Crippen molar-refractivity contribution >= 4 is 34.8 Å². The minimum Gasteiger partial charge on any atom is -0.506 e. The third-order valence-electron chi connectivity index (χ3n) is 5.89.